The molecule has 0 aliphatic rings. The molecule has 5 heteroatoms. The zero-order valence-electron chi connectivity index (χ0n) is 12.0. The highest BCUT2D eigenvalue weighted by Gasteiger charge is 2.10. The summed E-state index contributed by atoms with van der Waals surface area (Å²) >= 11 is 0. The Morgan fingerprint density at radius 1 is 1.14 bits per heavy atom. The Bertz CT molecular complexity index is 780. The maximum Gasteiger partial charge on any atom is 0.162 e. The molecule has 0 bridgehead atoms. The highest BCUT2D eigenvalue weighted by atomic mass is 16.5. The van der Waals surface area contributed by atoms with Crippen molar-refractivity contribution in [3.05, 3.63) is 48.2 Å². The Kier molecular flexibility index (Phi) is 3.39. The van der Waals surface area contributed by atoms with Crippen molar-refractivity contribution in [1.82, 2.24) is 9.78 Å². The standard InChI is InChI=1S/C16H17N3O2/c1-19-14-6-4-3-5-12(14)13(18-19)10-21-15-8-7-11(17)9-16(15)20-2/h3-9H,10,17H2,1-2H3. The smallest absolute Gasteiger partial charge is 0.162 e. The van der Waals surface area contributed by atoms with Gasteiger partial charge in [0, 0.05) is 24.2 Å². The van der Waals surface area contributed by atoms with Gasteiger partial charge >= 0.3 is 0 Å². The highest BCUT2D eigenvalue weighted by molar-refractivity contribution is 5.81. The molecular weight excluding hydrogens is 266 g/mol. The fraction of sp³-hybridized carbons (Fsp3) is 0.188. The Morgan fingerprint density at radius 2 is 1.95 bits per heavy atom. The Labute approximate surface area is 122 Å². The first-order valence-corrected chi connectivity index (χ1v) is 6.66. The number of aromatic nitrogens is 2. The summed E-state index contributed by atoms with van der Waals surface area (Å²) < 4.78 is 13.0. The van der Waals surface area contributed by atoms with Gasteiger partial charge in [-0.1, -0.05) is 18.2 Å². The molecule has 0 saturated carbocycles. The van der Waals surface area contributed by atoms with Gasteiger partial charge in [0.05, 0.1) is 12.6 Å². The molecule has 21 heavy (non-hydrogen) atoms. The summed E-state index contributed by atoms with van der Waals surface area (Å²) in [5.74, 6) is 1.27. The lowest BCUT2D eigenvalue weighted by molar-refractivity contribution is 0.281. The maximum atomic E-state index is 5.83. The van der Waals surface area contributed by atoms with Crippen LogP contribution in [-0.2, 0) is 13.7 Å². The first kappa shape index (κ1) is 13.3. The van der Waals surface area contributed by atoms with Gasteiger partial charge in [0.15, 0.2) is 11.5 Å². The van der Waals surface area contributed by atoms with E-state index in [0.29, 0.717) is 23.8 Å². The van der Waals surface area contributed by atoms with Crippen LogP contribution in [0.5, 0.6) is 11.5 Å². The monoisotopic (exact) mass is 283 g/mol. The van der Waals surface area contributed by atoms with Crippen molar-refractivity contribution in [2.45, 2.75) is 6.61 Å². The molecule has 0 spiro atoms. The molecule has 0 unspecified atom stereocenters. The van der Waals surface area contributed by atoms with Crippen LogP contribution in [0.2, 0.25) is 0 Å². The van der Waals surface area contributed by atoms with Gasteiger partial charge in [0.2, 0.25) is 0 Å². The Morgan fingerprint density at radius 3 is 2.76 bits per heavy atom. The zero-order chi connectivity index (χ0) is 14.8. The molecule has 0 saturated heterocycles. The Hall–Kier alpha value is -2.69. The van der Waals surface area contributed by atoms with E-state index in [1.807, 2.05) is 36.0 Å². The molecule has 108 valence electrons. The lowest BCUT2D eigenvalue weighted by Crippen LogP contribution is -2.00. The second-order valence-electron chi connectivity index (χ2n) is 4.79. The normalized spacial score (nSPS) is 10.8. The van der Waals surface area contributed by atoms with Gasteiger partial charge in [-0.2, -0.15) is 5.10 Å². The van der Waals surface area contributed by atoms with E-state index in [4.69, 9.17) is 15.2 Å². The third kappa shape index (κ3) is 2.50. The summed E-state index contributed by atoms with van der Waals surface area (Å²) in [6, 6.07) is 13.4. The second-order valence-corrected chi connectivity index (χ2v) is 4.79. The molecule has 5 nitrogen and oxygen atoms in total. The predicted octanol–water partition coefficient (Wildman–Crippen LogP) is 2.74. The van der Waals surface area contributed by atoms with Crippen molar-refractivity contribution < 1.29 is 9.47 Å². The van der Waals surface area contributed by atoms with Gasteiger partial charge < -0.3 is 15.2 Å². The van der Waals surface area contributed by atoms with Crippen LogP contribution in [0.4, 0.5) is 5.69 Å². The predicted molar refractivity (Wildman–Crippen MR) is 82.5 cm³/mol. The average molecular weight is 283 g/mol. The largest absolute Gasteiger partial charge is 0.493 e. The van der Waals surface area contributed by atoms with Crippen LogP contribution in [0.25, 0.3) is 10.9 Å². The Balaban J connectivity index is 1.87. The molecular formula is C16H17N3O2. The van der Waals surface area contributed by atoms with E-state index in [2.05, 4.69) is 5.10 Å². The van der Waals surface area contributed by atoms with Crippen LogP contribution in [0.15, 0.2) is 42.5 Å². The van der Waals surface area contributed by atoms with E-state index in [-0.39, 0.29) is 0 Å². The first-order chi connectivity index (χ1) is 10.2. The van der Waals surface area contributed by atoms with Gasteiger partial charge in [0.1, 0.15) is 12.3 Å². The van der Waals surface area contributed by atoms with Crippen molar-refractivity contribution in [3.8, 4) is 11.5 Å². The molecule has 1 heterocycles. The zero-order valence-corrected chi connectivity index (χ0v) is 12.0. The SMILES string of the molecule is COc1cc(N)ccc1OCc1nn(C)c2ccccc12. The van der Waals surface area contributed by atoms with Gasteiger partial charge in [-0.3, -0.25) is 4.68 Å². The van der Waals surface area contributed by atoms with Crippen molar-refractivity contribution in [1.29, 1.82) is 0 Å². The van der Waals surface area contributed by atoms with Gasteiger partial charge in [-0.05, 0) is 18.2 Å². The first-order valence-electron chi connectivity index (χ1n) is 6.66. The number of hydrogen-bond acceptors (Lipinski definition) is 4. The summed E-state index contributed by atoms with van der Waals surface area (Å²) in [5, 5.41) is 5.60. The maximum absolute atomic E-state index is 5.83. The van der Waals surface area contributed by atoms with E-state index in [1.165, 1.54) is 0 Å². The number of methoxy groups -OCH3 is 1. The molecule has 0 amide bonds. The van der Waals surface area contributed by atoms with E-state index in [0.717, 1.165) is 16.6 Å². The number of aryl methyl sites for hydroxylation is 1. The minimum Gasteiger partial charge on any atom is -0.493 e. The molecule has 3 aromatic rings. The number of benzene rings is 2. The minimum absolute atomic E-state index is 0.377. The van der Waals surface area contributed by atoms with Crippen molar-refractivity contribution in [3.63, 3.8) is 0 Å². The molecule has 0 aliphatic heterocycles. The summed E-state index contributed by atoms with van der Waals surface area (Å²) in [5.41, 5.74) is 8.36. The van der Waals surface area contributed by atoms with E-state index in [9.17, 15) is 0 Å². The summed E-state index contributed by atoms with van der Waals surface area (Å²) in [4.78, 5) is 0. The lowest BCUT2D eigenvalue weighted by atomic mass is 10.2. The van der Waals surface area contributed by atoms with Gasteiger partial charge in [0.25, 0.3) is 0 Å². The molecule has 2 aromatic carbocycles. The third-order valence-corrected chi connectivity index (χ3v) is 3.39. The minimum atomic E-state index is 0.377. The molecule has 0 atom stereocenters. The molecule has 1 aromatic heterocycles. The van der Waals surface area contributed by atoms with Crippen LogP contribution in [0, 0.1) is 0 Å². The van der Waals surface area contributed by atoms with Gasteiger partial charge in [-0.25, -0.2) is 0 Å². The van der Waals surface area contributed by atoms with Crippen molar-refractivity contribution in [2.24, 2.45) is 7.05 Å². The van der Waals surface area contributed by atoms with Crippen LogP contribution in [0.3, 0.4) is 0 Å². The molecule has 2 N–H and O–H groups in total. The number of rotatable bonds is 4. The fourth-order valence-electron chi connectivity index (χ4n) is 2.34. The van der Waals surface area contributed by atoms with Crippen molar-refractivity contribution >= 4 is 16.6 Å². The fourth-order valence-corrected chi connectivity index (χ4v) is 2.34. The molecule has 3 rings (SSSR count). The number of fused-ring (bicyclic) bond motifs is 1. The number of nitrogen functional groups attached to an aromatic ring is 1. The van der Waals surface area contributed by atoms with Crippen LogP contribution >= 0.6 is 0 Å². The number of nitrogens with zero attached hydrogens (tertiary/aromatic N) is 2. The second kappa shape index (κ2) is 5.36. The number of nitrogens with two attached hydrogens (primary N) is 1. The average Bonchev–Trinajstić information content (AvgIpc) is 2.83. The van der Waals surface area contributed by atoms with E-state index >= 15 is 0 Å². The molecule has 0 radical (unpaired) electrons. The van der Waals surface area contributed by atoms with Gasteiger partial charge in [-0.15, -0.1) is 0 Å². The highest BCUT2D eigenvalue weighted by Crippen LogP contribution is 2.30. The number of anilines is 1. The van der Waals surface area contributed by atoms with E-state index in [1.54, 1.807) is 25.3 Å². The van der Waals surface area contributed by atoms with Crippen molar-refractivity contribution in [2.75, 3.05) is 12.8 Å². The molecule has 0 aliphatic carbocycles. The summed E-state index contributed by atoms with van der Waals surface area (Å²) in [6.07, 6.45) is 0. The molecule has 0 fully saturated rings. The van der Waals surface area contributed by atoms with E-state index < -0.39 is 0 Å². The number of hydrogen-bond donors (Lipinski definition) is 1. The summed E-state index contributed by atoms with van der Waals surface area (Å²) in [6.45, 7) is 0.377. The number of ether oxygens (including phenoxy) is 2. The summed E-state index contributed by atoms with van der Waals surface area (Å²) in [7, 11) is 3.52. The number of para-hydroxylation sites is 1. The lowest BCUT2D eigenvalue weighted by Gasteiger charge is -2.10. The topological polar surface area (TPSA) is 62.3 Å². The van der Waals surface area contributed by atoms with Crippen LogP contribution in [0.1, 0.15) is 5.69 Å². The van der Waals surface area contributed by atoms with Crippen LogP contribution < -0.4 is 15.2 Å². The third-order valence-electron chi connectivity index (χ3n) is 3.39. The quantitative estimate of drug-likeness (QED) is 0.748. The van der Waals surface area contributed by atoms with Crippen LogP contribution in [-0.4, -0.2) is 16.9 Å².